The molecule has 2 aromatic rings. The summed E-state index contributed by atoms with van der Waals surface area (Å²) in [6.45, 7) is 2.35. The molecule has 2 nitrogen and oxygen atoms in total. The van der Waals surface area contributed by atoms with Gasteiger partial charge in [-0.05, 0) is 36.8 Å². The predicted octanol–water partition coefficient (Wildman–Crippen LogP) is 4.46. The molecule has 4 heteroatoms. The summed E-state index contributed by atoms with van der Waals surface area (Å²) in [5.41, 5.74) is 8.43. The summed E-state index contributed by atoms with van der Waals surface area (Å²) in [7, 11) is 0. The van der Waals surface area contributed by atoms with Crippen LogP contribution in [-0.2, 0) is 6.61 Å². The molecule has 0 atom stereocenters. The lowest BCUT2D eigenvalue weighted by atomic mass is 10.2. The lowest BCUT2D eigenvalue weighted by Crippen LogP contribution is -1.99. The summed E-state index contributed by atoms with van der Waals surface area (Å²) in [5, 5.41) is 1.20. The van der Waals surface area contributed by atoms with E-state index in [0.717, 1.165) is 11.1 Å². The molecule has 0 saturated carbocycles. The highest BCUT2D eigenvalue weighted by Crippen LogP contribution is 2.26. The third kappa shape index (κ3) is 3.09. The first kappa shape index (κ1) is 13.1. The van der Waals surface area contributed by atoms with Gasteiger partial charge in [0.1, 0.15) is 12.4 Å². The van der Waals surface area contributed by atoms with E-state index >= 15 is 0 Å². The van der Waals surface area contributed by atoms with Crippen LogP contribution in [0.4, 0.5) is 5.69 Å². The maximum atomic E-state index is 6.07. The Morgan fingerprint density at radius 2 is 1.89 bits per heavy atom. The van der Waals surface area contributed by atoms with Crippen LogP contribution in [0.3, 0.4) is 0 Å². The molecule has 0 aliphatic heterocycles. The number of anilines is 1. The number of hydrogen-bond donors (Lipinski definition) is 1. The molecule has 0 unspecified atom stereocenters. The van der Waals surface area contributed by atoms with Crippen molar-refractivity contribution in [1.82, 2.24) is 0 Å². The fourth-order valence-electron chi connectivity index (χ4n) is 1.56. The second-order valence-corrected chi connectivity index (χ2v) is 4.91. The second kappa shape index (κ2) is 5.51. The van der Waals surface area contributed by atoms with Gasteiger partial charge in [-0.15, -0.1) is 0 Å². The fourth-order valence-corrected chi connectivity index (χ4v) is 2.02. The minimum absolute atomic E-state index is 0.365. The van der Waals surface area contributed by atoms with Crippen LogP contribution in [-0.4, -0.2) is 0 Å². The molecule has 0 fully saturated rings. The van der Waals surface area contributed by atoms with E-state index in [1.807, 2.05) is 31.2 Å². The second-order valence-electron chi connectivity index (χ2n) is 4.07. The topological polar surface area (TPSA) is 35.2 Å². The Morgan fingerprint density at radius 3 is 2.61 bits per heavy atom. The van der Waals surface area contributed by atoms with Gasteiger partial charge in [-0.25, -0.2) is 0 Å². The van der Waals surface area contributed by atoms with Crippen molar-refractivity contribution in [2.75, 3.05) is 5.73 Å². The van der Waals surface area contributed by atoms with Crippen molar-refractivity contribution in [2.45, 2.75) is 13.5 Å². The smallest absolute Gasteiger partial charge is 0.142 e. The molecule has 0 heterocycles. The van der Waals surface area contributed by atoms with Crippen LogP contribution < -0.4 is 10.5 Å². The van der Waals surface area contributed by atoms with E-state index in [9.17, 15) is 0 Å². The van der Waals surface area contributed by atoms with E-state index < -0.39 is 0 Å². The van der Waals surface area contributed by atoms with Crippen LogP contribution in [0.15, 0.2) is 36.4 Å². The van der Waals surface area contributed by atoms with Gasteiger partial charge in [-0.2, -0.15) is 0 Å². The van der Waals surface area contributed by atoms with E-state index in [0.29, 0.717) is 28.1 Å². The molecule has 0 aliphatic carbocycles. The molecular weight excluding hydrogens is 269 g/mol. The van der Waals surface area contributed by atoms with Gasteiger partial charge in [0.2, 0.25) is 0 Å². The number of hydrogen-bond acceptors (Lipinski definition) is 2. The van der Waals surface area contributed by atoms with Crippen LogP contribution >= 0.6 is 23.2 Å². The lowest BCUT2D eigenvalue weighted by Gasteiger charge is -2.10. The average molecular weight is 282 g/mol. The Kier molecular flexibility index (Phi) is 4.00. The van der Waals surface area contributed by atoms with Crippen molar-refractivity contribution < 1.29 is 4.74 Å². The summed E-state index contributed by atoms with van der Waals surface area (Å²) < 4.78 is 5.67. The number of rotatable bonds is 3. The van der Waals surface area contributed by atoms with Crippen molar-refractivity contribution in [3.05, 3.63) is 57.6 Å². The van der Waals surface area contributed by atoms with Crippen molar-refractivity contribution in [2.24, 2.45) is 0 Å². The maximum absolute atomic E-state index is 6.07. The molecule has 0 radical (unpaired) electrons. The first-order chi connectivity index (χ1) is 8.56. The Bertz CT molecular complexity index is 570. The van der Waals surface area contributed by atoms with Gasteiger partial charge in [0.05, 0.1) is 5.69 Å². The maximum Gasteiger partial charge on any atom is 0.142 e. The van der Waals surface area contributed by atoms with Crippen LogP contribution in [0.25, 0.3) is 0 Å². The molecule has 94 valence electrons. The Morgan fingerprint density at radius 1 is 1.11 bits per heavy atom. The van der Waals surface area contributed by atoms with Gasteiger partial charge in [0.25, 0.3) is 0 Å². The van der Waals surface area contributed by atoms with Gasteiger partial charge in [-0.3, -0.25) is 0 Å². The zero-order chi connectivity index (χ0) is 13.1. The van der Waals surface area contributed by atoms with E-state index in [1.165, 1.54) is 0 Å². The Labute approximate surface area is 116 Å². The summed E-state index contributed by atoms with van der Waals surface area (Å²) in [5.74, 6) is 0.668. The molecule has 18 heavy (non-hydrogen) atoms. The molecule has 0 saturated heterocycles. The number of halogens is 2. The minimum Gasteiger partial charge on any atom is -0.487 e. The van der Waals surface area contributed by atoms with Gasteiger partial charge >= 0.3 is 0 Å². The predicted molar refractivity (Wildman–Crippen MR) is 76.4 cm³/mol. The van der Waals surface area contributed by atoms with Gasteiger partial charge in [0.15, 0.2) is 0 Å². The first-order valence-corrected chi connectivity index (χ1v) is 6.24. The van der Waals surface area contributed by atoms with Crippen molar-refractivity contribution in [1.29, 1.82) is 0 Å². The van der Waals surface area contributed by atoms with Crippen molar-refractivity contribution in [3.8, 4) is 5.75 Å². The lowest BCUT2D eigenvalue weighted by molar-refractivity contribution is 0.308. The first-order valence-electron chi connectivity index (χ1n) is 5.49. The van der Waals surface area contributed by atoms with Gasteiger partial charge in [-0.1, -0.05) is 35.3 Å². The highest BCUT2D eigenvalue weighted by atomic mass is 35.5. The van der Waals surface area contributed by atoms with Gasteiger partial charge < -0.3 is 10.5 Å². The largest absolute Gasteiger partial charge is 0.487 e. The molecule has 0 amide bonds. The number of nitrogens with two attached hydrogens (primary N) is 1. The molecule has 0 aliphatic rings. The van der Waals surface area contributed by atoms with Crippen LogP contribution in [0.2, 0.25) is 10.0 Å². The van der Waals surface area contributed by atoms with E-state index in [1.54, 1.807) is 12.1 Å². The Balaban J connectivity index is 2.13. The number of aryl methyl sites for hydroxylation is 1. The standard InChI is InChI=1S/C14H13Cl2NO/c1-9-2-5-13(17)14(6-9)18-8-10-3-4-11(15)7-12(10)16/h2-7H,8,17H2,1H3. The highest BCUT2D eigenvalue weighted by molar-refractivity contribution is 6.35. The highest BCUT2D eigenvalue weighted by Gasteiger charge is 2.05. The van der Waals surface area contributed by atoms with Crippen LogP contribution in [0.1, 0.15) is 11.1 Å². The molecule has 2 N–H and O–H groups in total. The quantitative estimate of drug-likeness (QED) is 0.843. The molecule has 2 rings (SSSR count). The zero-order valence-corrected chi connectivity index (χ0v) is 11.4. The van der Waals surface area contributed by atoms with Crippen molar-refractivity contribution in [3.63, 3.8) is 0 Å². The Hall–Kier alpha value is -1.38. The van der Waals surface area contributed by atoms with Crippen LogP contribution in [0, 0.1) is 6.92 Å². The summed E-state index contributed by atoms with van der Waals surface area (Å²) >= 11 is 11.9. The molecule has 0 bridgehead atoms. The van der Waals surface area contributed by atoms with E-state index in [2.05, 4.69) is 0 Å². The SMILES string of the molecule is Cc1ccc(N)c(OCc2ccc(Cl)cc2Cl)c1. The number of nitrogen functional groups attached to an aromatic ring is 1. The monoisotopic (exact) mass is 281 g/mol. The molecule has 0 spiro atoms. The van der Waals surface area contributed by atoms with E-state index in [4.69, 9.17) is 33.7 Å². The van der Waals surface area contributed by atoms with E-state index in [-0.39, 0.29) is 0 Å². The van der Waals surface area contributed by atoms with Crippen LogP contribution in [0.5, 0.6) is 5.75 Å². The normalized spacial score (nSPS) is 10.4. The molecular formula is C14H13Cl2NO. The van der Waals surface area contributed by atoms with Gasteiger partial charge in [0, 0.05) is 15.6 Å². The minimum atomic E-state index is 0.365. The molecule has 2 aromatic carbocycles. The van der Waals surface area contributed by atoms with Crippen molar-refractivity contribution >= 4 is 28.9 Å². The summed E-state index contributed by atoms with van der Waals surface area (Å²) in [6, 6.07) is 11.0. The summed E-state index contributed by atoms with van der Waals surface area (Å²) in [6.07, 6.45) is 0. The zero-order valence-electron chi connectivity index (χ0n) is 9.91. The average Bonchev–Trinajstić information content (AvgIpc) is 2.32. The third-order valence-corrected chi connectivity index (χ3v) is 3.15. The number of benzene rings is 2. The fraction of sp³-hybridized carbons (Fsp3) is 0.143. The summed E-state index contributed by atoms with van der Waals surface area (Å²) in [4.78, 5) is 0. The molecule has 0 aromatic heterocycles. The number of ether oxygens (including phenoxy) is 1. The third-order valence-electron chi connectivity index (χ3n) is 2.57.